The van der Waals surface area contributed by atoms with Crippen LogP contribution in [0.1, 0.15) is 81.8 Å². The Morgan fingerprint density at radius 3 is 1.81 bits per heavy atom. The van der Waals surface area contributed by atoms with Crippen LogP contribution in [0.25, 0.3) is 0 Å². The van der Waals surface area contributed by atoms with Gasteiger partial charge in [0, 0.05) is 57.5 Å². The first-order valence-corrected chi connectivity index (χ1v) is 18.3. The van der Waals surface area contributed by atoms with E-state index >= 15 is 0 Å². The van der Waals surface area contributed by atoms with E-state index in [1.165, 1.54) is 31.5 Å². The van der Waals surface area contributed by atoms with Gasteiger partial charge in [-0.3, -0.25) is 9.59 Å². The average Bonchev–Trinajstić information content (AvgIpc) is 3.81. The van der Waals surface area contributed by atoms with Crippen molar-refractivity contribution in [1.29, 1.82) is 0 Å². The number of aliphatic hydroxyl groups excluding tert-OH is 1. The van der Waals surface area contributed by atoms with Crippen molar-refractivity contribution in [2.75, 3.05) is 65.4 Å². The summed E-state index contributed by atoms with van der Waals surface area (Å²) in [6.45, 7) is 10.7. The predicted molar refractivity (Wildman–Crippen MR) is 187 cm³/mol. The molecule has 0 aromatic heterocycles. The molecule has 8 nitrogen and oxygen atoms in total. The first kappa shape index (κ1) is 35.5. The van der Waals surface area contributed by atoms with Crippen molar-refractivity contribution >= 4 is 11.8 Å². The Bertz CT molecular complexity index is 1200. The minimum Gasteiger partial charge on any atom is -0.392 e. The largest absolute Gasteiger partial charge is 0.392 e. The van der Waals surface area contributed by atoms with Crippen molar-refractivity contribution in [2.45, 2.75) is 89.9 Å². The van der Waals surface area contributed by atoms with Gasteiger partial charge in [0.25, 0.3) is 0 Å². The first-order chi connectivity index (χ1) is 23.0. The zero-order chi connectivity index (χ0) is 32.7. The van der Waals surface area contributed by atoms with Gasteiger partial charge in [-0.05, 0) is 95.1 Å². The molecule has 0 aliphatic carbocycles. The topological polar surface area (TPSA) is 76.6 Å². The van der Waals surface area contributed by atoms with Crippen LogP contribution in [0.2, 0.25) is 0 Å². The molecule has 2 amide bonds. The molecular formula is C39H58N4O4. The Kier molecular flexibility index (Phi) is 14.1. The van der Waals surface area contributed by atoms with Crippen LogP contribution in [-0.4, -0.2) is 108 Å². The Labute approximate surface area is 283 Å². The number of hydrogen-bond acceptors (Lipinski definition) is 6. The number of ether oxygens (including phenoxy) is 1. The van der Waals surface area contributed by atoms with Gasteiger partial charge in [0.05, 0.1) is 19.3 Å². The van der Waals surface area contributed by atoms with E-state index in [0.717, 1.165) is 103 Å². The Morgan fingerprint density at radius 1 is 0.702 bits per heavy atom. The molecule has 1 unspecified atom stereocenters. The van der Waals surface area contributed by atoms with Gasteiger partial charge in [-0.25, -0.2) is 0 Å². The molecule has 47 heavy (non-hydrogen) atoms. The van der Waals surface area contributed by atoms with E-state index in [9.17, 15) is 9.59 Å². The summed E-state index contributed by atoms with van der Waals surface area (Å²) in [5.74, 6) is 0.632. The Hall–Kier alpha value is -2.78. The third kappa shape index (κ3) is 11.4. The SMILES string of the molecule is O=C(CCCN1CCCC1)N1CCCC2(CCCN(C(=O)CCCN3CC[C@@H](OCc4ccccc4)C3)C2)C1.OCc1ccccc1. The van der Waals surface area contributed by atoms with Crippen LogP contribution in [0.5, 0.6) is 0 Å². The molecule has 4 aliphatic heterocycles. The highest BCUT2D eigenvalue weighted by molar-refractivity contribution is 5.77. The van der Waals surface area contributed by atoms with Crippen molar-refractivity contribution in [3.05, 3.63) is 71.8 Å². The van der Waals surface area contributed by atoms with Gasteiger partial charge in [-0.2, -0.15) is 0 Å². The fourth-order valence-electron chi connectivity index (χ4n) is 7.91. The monoisotopic (exact) mass is 646 g/mol. The number of hydrogen-bond donors (Lipinski definition) is 1. The molecule has 2 atom stereocenters. The molecule has 0 bridgehead atoms. The number of benzene rings is 2. The van der Waals surface area contributed by atoms with Crippen LogP contribution in [-0.2, 0) is 27.5 Å². The maximum absolute atomic E-state index is 13.2. The molecule has 4 heterocycles. The molecule has 8 heteroatoms. The molecule has 258 valence electrons. The number of carbonyl (C=O) groups is 2. The average molecular weight is 647 g/mol. The predicted octanol–water partition coefficient (Wildman–Crippen LogP) is 5.34. The summed E-state index contributed by atoms with van der Waals surface area (Å²) in [5.41, 5.74) is 2.30. The highest BCUT2D eigenvalue weighted by Crippen LogP contribution is 2.39. The molecule has 4 saturated heterocycles. The fraction of sp³-hybridized carbons (Fsp3) is 0.641. The van der Waals surface area contributed by atoms with Gasteiger partial charge in [-0.15, -0.1) is 0 Å². The third-order valence-corrected chi connectivity index (χ3v) is 10.5. The van der Waals surface area contributed by atoms with E-state index in [1.807, 2.05) is 36.4 Å². The Morgan fingerprint density at radius 2 is 1.26 bits per heavy atom. The summed E-state index contributed by atoms with van der Waals surface area (Å²) in [4.78, 5) is 35.4. The lowest BCUT2D eigenvalue weighted by Crippen LogP contribution is -2.54. The van der Waals surface area contributed by atoms with Gasteiger partial charge in [0.1, 0.15) is 0 Å². The van der Waals surface area contributed by atoms with Crippen LogP contribution < -0.4 is 0 Å². The molecule has 0 radical (unpaired) electrons. The van der Waals surface area contributed by atoms with E-state index in [4.69, 9.17) is 9.84 Å². The molecule has 2 aromatic carbocycles. The van der Waals surface area contributed by atoms with Crippen molar-refractivity contribution in [2.24, 2.45) is 5.41 Å². The van der Waals surface area contributed by atoms with E-state index in [1.54, 1.807) is 0 Å². The van der Waals surface area contributed by atoms with Crippen molar-refractivity contribution < 1.29 is 19.4 Å². The second-order valence-corrected chi connectivity index (χ2v) is 14.2. The summed E-state index contributed by atoms with van der Waals surface area (Å²) in [6.07, 6.45) is 11.6. The van der Waals surface area contributed by atoms with Crippen molar-refractivity contribution in [3.8, 4) is 0 Å². The minimum atomic E-state index is 0.106. The van der Waals surface area contributed by atoms with Gasteiger partial charge < -0.3 is 29.4 Å². The second-order valence-electron chi connectivity index (χ2n) is 14.2. The summed E-state index contributed by atoms with van der Waals surface area (Å²) in [7, 11) is 0. The van der Waals surface area contributed by atoms with Crippen LogP contribution in [0.3, 0.4) is 0 Å². The lowest BCUT2D eigenvalue weighted by molar-refractivity contribution is -0.140. The van der Waals surface area contributed by atoms with E-state index in [2.05, 4.69) is 43.9 Å². The molecule has 1 spiro atoms. The minimum absolute atomic E-state index is 0.106. The lowest BCUT2D eigenvalue weighted by atomic mass is 9.73. The fourth-order valence-corrected chi connectivity index (χ4v) is 7.91. The van der Waals surface area contributed by atoms with Crippen LogP contribution in [0.15, 0.2) is 60.7 Å². The van der Waals surface area contributed by atoms with Crippen molar-refractivity contribution in [3.63, 3.8) is 0 Å². The van der Waals surface area contributed by atoms with Gasteiger partial charge in [0.15, 0.2) is 0 Å². The summed E-state index contributed by atoms with van der Waals surface area (Å²) >= 11 is 0. The van der Waals surface area contributed by atoms with Crippen LogP contribution >= 0.6 is 0 Å². The van der Waals surface area contributed by atoms with E-state index < -0.39 is 0 Å². The lowest BCUT2D eigenvalue weighted by Gasteiger charge is -2.48. The number of amides is 2. The molecule has 4 fully saturated rings. The molecule has 2 aromatic rings. The van der Waals surface area contributed by atoms with Crippen LogP contribution in [0, 0.1) is 5.41 Å². The standard InChI is InChI=1S/C32H50N4O3.C7H8O/c37-30(12-6-19-33-17-4-5-18-33)35-21-8-15-32(26-35)16-9-22-36(27-32)31(38)13-7-20-34-23-14-29(24-34)39-25-28-10-2-1-3-11-28;8-6-7-4-2-1-3-5-7/h1-3,10-11,29H,4-9,12-27H2;1-5,8H,6H2/t29-,32?;/m1./s1. The van der Waals surface area contributed by atoms with Gasteiger partial charge in [0.2, 0.25) is 11.8 Å². The summed E-state index contributed by atoms with van der Waals surface area (Å²) < 4.78 is 6.13. The van der Waals surface area contributed by atoms with Crippen LogP contribution in [0.4, 0.5) is 0 Å². The van der Waals surface area contributed by atoms with Gasteiger partial charge >= 0.3 is 0 Å². The number of nitrogens with zero attached hydrogens (tertiary/aromatic N) is 4. The highest BCUT2D eigenvalue weighted by Gasteiger charge is 2.41. The third-order valence-electron chi connectivity index (χ3n) is 10.5. The number of piperidine rings is 2. The van der Waals surface area contributed by atoms with E-state index in [0.29, 0.717) is 37.4 Å². The quantitative estimate of drug-likeness (QED) is 0.336. The molecular weight excluding hydrogens is 588 g/mol. The smallest absolute Gasteiger partial charge is 0.222 e. The molecule has 1 N–H and O–H groups in total. The normalized spacial score (nSPS) is 23.6. The summed E-state index contributed by atoms with van der Waals surface area (Å²) in [6, 6.07) is 19.9. The van der Waals surface area contributed by atoms with Crippen molar-refractivity contribution in [1.82, 2.24) is 19.6 Å². The Balaban J connectivity index is 0.000000474. The van der Waals surface area contributed by atoms with Gasteiger partial charge in [-0.1, -0.05) is 60.7 Å². The summed E-state index contributed by atoms with van der Waals surface area (Å²) in [5, 5.41) is 8.54. The molecule has 4 aliphatic rings. The molecule has 0 saturated carbocycles. The zero-order valence-electron chi connectivity index (χ0n) is 28.6. The maximum atomic E-state index is 13.2. The number of likely N-dealkylation sites (tertiary alicyclic amines) is 4. The zero-order valence-corrected chi connectivity index (χ0v) is 28.6. The highest BCUT2D eigenvalue weighted by atomic mass is 16.5. The number of carbonyl (C=O) groups excluding carboxylic acids is 2. The first-order valence-electron chi connectivity index (χ1n) is 18.3. The van der Waals surface area contributed by atoms with E-state index in [-0.39, 0.29) is 12.0 Å². The maximum Gasteiger partial charge on any atom is 0.222 e. The second kappa shape index (κ2) is 18.7. The molecule has 6 rings (SSSR count). The number of rotatable bonds is 12. The number of aliphatic hydroxyl groups is 1.